The number of anilines is 1. The molecule has 5 heteroatoms. The number of halogens is 1. The second kappa shape index (κ2) is 6.18. The van der Waals surface area contributed by atoms with Crippen LogP contribution in [0.1, 0.15) is 19.7 Å². The van der Waals surface area contributed by atoms with Gasteiger partial charge in [-0.1, -0.05) is 18.5 Å². The van der Waals surface area contributed by atoms with Crippen molar-refractivity contribution in [2.24, 2.45) is 0 Å². The average molecular weight is 246 g/mol. The van der Waals surface area contributed by atoms with E-state index in [0.717, 1.165) is 23.8 Å². The van der Waals surface area contributed by atoms with Crippen LogP contribution in [0.2, 0.25) is 5.15 Å². The van der Waals surface area contributed by atoms with Gasteiger partial charge in [0, 0.05) is 24.3 Å². The van der Waals surface area contributed by atoms with E-state index in [1.165, 1.54) is 0 Å². The average Bonchev–Trinajstić information content (AvgIpc) is 2.17. The highest BCUT2D eigenvalue weighted by Crippen LogP contribution is 2.13. The topological polar surface area (TPSA) is 37.8 Å². The zero-order valence-corrected chi connectivity index (χ0v) is 10.8. The van der Waals surface area contributed by atoms with Gasteiger partial charge in [0.1, 0.15) is 16.8 Å². The van der Waals surface area contributed by atoms with Crippen LogP contribution in [-0.2, 0) is 6.42 Å². The number of nitrogens with zero attached hydrogens (tertiary/aromatic N) is 2. The molecule has 0 bridgehead atoms. The molecule has 0 saturated heterocycles. The van der Waals surface area contributed by atoms with Gasteiger partial charge >= 0.3 is 0 Å². The molecule has 1 aromatic heterocycles. The standard InChI is InChI=1S/C10H16ClN3S/c1-4-9-13-8(11)5-10(14-9)12-7(2)6-15-3/h5,7H,4,6H2,1-3H3,(H,12,13,14). The van der Waals surface area contributed by atoms with Gasteiger partial charge in [0.15, 0.2) is 0 Å². The van der Waals surface area contributed by atoms with Crippen LogP contribution < -0.4 is 5.32 Å². The number of hydrogen-bond acceptors (Lipinski definition) is 4. The fourth-order valence-corrected chi connectivity index (χ4v) is 2.03. The van der Waals surface area contributed by atoms with Crippen LogP contribution in [0.25, 0.3) is 0 Å². The molecule has 1 aromatic rings. The molecule has 1 rings (SSSR count). The number of rotatable bonds is 5. The molecule has 0 aliphatic heterocycles. The van der Waals surface area contributed by atoms with Crippen LogP contribution in [0, 0.1) is 0 Å². The fraction of sp³-hybridized carbons (Fsp3) is 0.600. The van der Waals surface area contributed by atoms with Gasteiger partial charge in [0.25, 0.3) is 0 Å². The van der Waals surface area contributed by atoms with E-state index < -0.39 is 0 Å². The molecule has 0 radical (unpaired) electrons. The molecule has 15 heavy (non-hydrogen) atoms. The molecule has 1 N–H and O–H groups in total. The lowest BCUT2D eigenvalue weighted by Crippen LogP contribution is -2.19. The monoisotopic (exact) mass is 245 g/mol. The molecule has 1 unspecified atom stereocenters. The number of aryl methyl sites for hydroxylation is 1. The molecule has 84 valence electrons. The van der Waals surface area contributed by atoms with Crippen molar-refractivity contribution in [2.45, 2.75) is 26.3 Å². The molecule has 0 aliphatic carbocycles. The molecule has 0 spiro atoms. The van der Waals surface area contributed by atoms with E-state index in [0.29, 0.717) is 11.2 Å². The first-order chi connectivity index (χ1) is 7.15. The van der Waals surface area contributed by atoms with E-state index in [2.05, 4.69) is 28.5 Å². The maximum atomic E-state index is 5.89. The van der Waals surface area contributed by atoms with Gasteiger partial charge in [0.2, 0.25) is 0 Å². The van der Waals surface area contributed by atoms with E-state index in [-0.39, 0.29) is 0 Å². The van der Waals surface area contributed by atoms with Gasteiger partial charge in [-0.15, -0.1) is 0 Å². The van der Waals surface area contributed by atoms with Crippen molar-refractivity contribution in [3.05, 3.63) is 17.0 Å². The summed E-state index contributed by atoms with van der Waals surface area (Å²) in [5, 5.41) is 3.80. The molecule has 3 nitrogen and oxygen atoms in total. The Morgan fingerprint density at radius 3 is 2.87 bits per heavy atom. The van der Waals surface area contributed by atoms with Crippen molar-refractivity contribution in [1.29, 1.82) is 0 Å². The Labute approximate surface area is 100 Å². The summed E-state index contributed by atoms with van der Waals surface area (Å²) in [5.74, 6) is 2.64. The SMILES string of the molecule is CCc1nc(Cl)cc(NC(C)CSC)n1. The Kier molecular flexibility index (Phi) is 5.19. The van der Waals surface area contributed by atoms with Crippen molar-refractivity contribution >= 4 is 29.2 Å². The van der Waals surface area contributed by atoms with Gasteiger partial charge in [-0.05, 0) is 13.2 Å². The quantitative estimate of drug-likeness (QED) is 0.810. The van der Waals surface area contributed by atoms with Crippen LogP contribution in [0.5, 0.6) is 0 Å². The molecule has 0 aliphatic rings. The summed E-state index contributed by atoms with van der Waals surface area (Å²) in [6.45, 7) is 4.14. The summed E-state index contributed by atoms with van der Waals surface area (Å²) in [6.07, 6.45) is 2.88. The minimum absolute atomic E-state index is 0.385. The first-order valence-corrected chi connectivity index (χ1v) is 6.71. The predicted molar refractivity (Wildman–Crippen MR) is 67.9 cm³/mol. The fourth-order valence-electron chi connectivity index (χ4n) is 1.24. The van der Waals surface area contributed by atoms with Gasteiger partial charge < -0.3 is 5.32 Å². The third-order valence-electron chi connectivity index (χ3n) is 1.87. The third-order valence-corrected chi connectivity index (χ3v) is 2.90. The smallest absolute Gasteiger partial charge is 0.134 e. The molecule has 0 amide bonds. The van der Waals surface area contributed by atoms with Gasteiger partial charge in [0.05, 0.1) is 0 Å². The Balaban J connectivity index is 2.71. The van der Waals surface area contributed by atoms with Crippen LogP contribution in [-0.4, -0.2) is 28.0 Å². The molecular weight excluding hydrogens is 230 g/mol. The zero-order valence-electron chi connectivity index (χ0n) is 9.25. The predicted octanol–water partition coefficient (Wildman–Crippen LogP) is 2.86. The maximum Gasteiger partial charge on any atom is 0.134 e. The van der Waals surface area contributed by atoms with Crippen molar-refractivity contribution in [3.63, 3.8) is 0 Å². The summed E-state index contributed by atoms with van der Waals surface area (Å²) in [6, 6.07) is 2.15. The molecule has 1 atom stereocenters. The van der Waals surface area contributed by atoms with Gasteiger partial charge in [-0.2, -0.15) is 11.8 Å². The molecule has 0 aromatic carbocycles. The lowest BCUT2D eigenvalue weighted by Gasteiger charge is -2.13. The largest absolute Gasteiger partial charge is 0.367 e. The summed E-state index contributed by atoms with van der Waals surface area (Å²) >= 11 is 7.70. The van der Waals surface area contributed by atoms with Crippen molar-refractivity contribution < 1.29 is 0 Å². The summed E-state index contributed by atoms with van der Waals surface area (Å²) in [7, 11) is 0. The van der Waals surface area contributed by atoms with Crippen LogP contribution in [0.15, 0.2) is 6.07 Å². The first-order valence-electron chi connectivity index (χ1n) is 4.94. The molecular formula is C10H16ClN3S. The number of aromatic nitrogens is 2. The van der Waals surface area contributed by atoms with Gasteiger partial charge in [-0.25, -0.2) is 9.97 Å². The second-order valence-electron chi connectivity index (χ2n) is 3.35. The highest BCUT2D eigenvalue weighted by molar-refractivity contribution is 7.98. The van der Waals surface area contributed by atoms with E-state index in [1.807, 2.05) is 6.92 Å². The Bertz CT molecular complexity index is 320. The second-order valence-corrected chi connectivity index (χ2v) is 4.64. The summed E-state index contributed by atoms with van der Waals surface area (Å²) < 4.78 is 0. The lowest BCUT2D eigenvalue weighted by molar-refractivity contribution is 0.878. The summed E-state index contributed by atoms with van der Waals surface area (Å²) in [5.41, 5.74) is 0. The minimum Gasteiger partial charge on any atom is -0.367 e. The number of thioether (sulfide) groups is 1. The summed E-state index contributed by atoms with van der Waals surface area (Å²) in [4.78, 5) is 8.47. The Hall–Kier alpha value is -0.480. The Morgan fingerprint density at radius 2 is 2.27 bits per heavy atom. The third kappa shape index (κ3) is 4.26. The Morgan fingerprint density at radius 1 is 1.53 bits per heavy atom. The molecule has 0 fully saturated rings. The molecule has 1 heterocycles. The normalized spacial score (nSPS) is 12.5. The van der Waals surface area contributed by atoms with Gasteiger partial charge in [-0.3, -0.25) is 0 Å². The van der Waals surface area contributed by atoms with Crippen LogP contribution in [0.3, 0.4) is 0 Å². The van der Waals surface area contributed by atoms with Crippen molar-refractivity contribution in [3.8, 4) is 0 Å². The number of hydrogen-bond donors (Lipinski definition) is 1. The van der Waals surface area contributed by atoms with Crippen molar-refractivity contribution in [2.75, 3.05) is 17.3 Å². The number of nitrogens with one attached hydrogen (secondary N) is 1. The van der Waals surface area contributed by atoms with E-state index in [1.54, 1.807) is 17.8 Å². The van der Waals surface area contributed by atoms with E-state index >= 15 is 0 Å². The first kappa shape index (κ1) is 12.6. The maximum absolute atomic E-state index is 5.89. The zero-order chi connectivity index (χ0) is 11.3. The van der Waals surface area contributed by atoms with Crippen molar-refractivity contribution in [1.82, 2.24) is 9.97 Å². The minimum atomic E-state index is 0.385. The lowest BCUT2D eigenvalue weighted by atomic mass is 10.4. The highest BCUT2D eigenvalue weighted by Gasteiger charge is 2.05. The van der Waals surface area contributed by atoms with Crippen LogP contribution >= 0.6 is 23.4 Å². The van der Waals surface area contributed by atoms with E-state index in [9.17, 15) is 0 Å². The van der Waals surface area contributed by atoms with Crippen LogP contribution in [0.4, 0.5) is 5.82 Å². The van der Waals surface area contributed by atoms with E-state index in [4.69, 9.17) is 11.6 Å². The highest BCUT2D eigenvalue weighted by atomic mass is 35.5. The molecule has 0 saturated carbocycles.